The van der Waals surface area contributed by atoms with Crippen LogP contribution in [0.3, 0.4) is 0 Å². The van der Waals surface area contributed by atoms with Gasteiger partial charge >= 0.3 is 6.36 Å². The van der Waals surface area contributed by atoms with Crippen LogP contribution < -0.4 is 20.7 Å². The van der Waals surface area contributed by atoms with E-state index in [4.69, 9.17) is 5.73 Å². The number of hydrogen-bond donors (Lipinski definition) is 2. The maximum absolute atomic E-state index is 14.3. The Morgan fingerprint density at radius 1 is 1.05 bits per heavy atom. The molecule has 40 heavy (non-hydrogen) atoms. The maximum Gasteiger partial charge on any atom is 0.573 e. The minimum atomic E-state index is -4.77. The SMILES string of the molecule is CC1SC(=NN=Cc2ccc(C(N)N=CNc3ccc(OC(F)(F)F)cc3)cc2)N(c2c(F)cccc2F)C1=O. The highest BCUT2D eigenvalue weighted by Gasteiger charge is 2.39. The summed E-state index contributed by atoms with van der Waals surface area (Å²) in [6.45, 7) is 1.61. The molecule has 0 saturated carbocycles. The Morgan fingerprint density at radius 3 is 2.33 bits per heavy atom. The van der Waals surface area contributed by atoms with Crippen LogP contribution >= 0.6 is 11.8 Å². The molecule has 0 radical (unpaired) electrons. The van der Waals surface area contributed by atoms with Gasteiger partial charge in [-0.1, -0.05) is 42.1 Å². The van der Waals surface area contributed by atoms with Crippen molar-refractivity contribution < 1.29 is 31.5 Å². The fraction of sp³-hybridized carbons (Fsp3) is 0.154. The first-order chi connectivity index (χ1) is 19.0. The van der Waals surface area contributed by atoms with E-state index in [1.165, 1.54) is 30.8 Å². The first kappa shape index (κ1) is 28.7. The van der Waals surface area contributed by atoms with Gasteiger partial charge in [0.2, 0.25) is 5.91 Å². The Kier molecular flexibility index (Phi) is 8.80. The van der Waals surface area contributed by atoms with Gasteiger partial charge in [-0.2, -0.15) is 5.10 Å². The van der Waals surface area contributed by atoms with Gasteiger partial charge in [0.15, 0.2) is 5.17 Å². The average molecular weight is 577 g/mol. The third-order valence-electron chi connectivity index (χ3n) is 5.39. The molecule has 8 nitrogen and oxygen atoms in total. The molecule has 208 valence electrons. The lowest BCUT2D eigenvalue weighted by Gasteiger charge is -2.16. The van der Waals surface area contributed by atoms with E-state index in [0.29, 0.717) is 16.8 Å². The molecular weight excluding hydrogens is 555 g/mol. The molecular formula is C26H21F5N6O2S. The van der Waals surface area contributed by atoms with Crippen molar-refractivity contribution in [3.05, 3.63) is 89.5 Å². The predicted molar refractivity (Wildman–Crippen MR) is 145 cm³/mol. The summed E-state index contributed by atoms with van der Waals surface area (Å²) in [6.07, 6.45) is -2.78. The van der Waals surface area contributed by atoms with Crippen molar-refractivity contribution in [3.63, 3.8) is 0 Å². The monoisotopic (exact) mass is 576 g/mol. The second-order valence-corrected chi connectivity index (χ2v) is 9.55. The van der Waals surface area contributed by atoms with Gasteiger partial charge in [0, 0.05) is 5.69 Å². The first-order valence-electron chi connectivity index (χ1n) is 11.6. The highest BCUT2D eigenvalue weighted by molar-refractivity contribution is 8.16. The zero-order chi connectivity index (χ0) is 28.9. The summed E-state index contributed by atoms with van der Waals surface area (Å²) in [7, 11) is 0. The minimum absolute atomic E-state index is 0.0424. The molecule has 3 aromatic carbocycles. The predicted octanol–water partition coefficient (Wildman–Crippen LogP) is 5.82. The van der Waals surface area contributed by atoms with Crippen LogP contribution in [0, 0.1) is 11.6 Å². The fourth-order valence-corrected chi connectivity index (χ4v) is 4.37. The van der Waals surface area contributed by atoms with Gasteiger partial charge in [-0.15, -0.1) is 18.3 Å². The second kappa shape index (κ2) is 12.3. The lowest BCUT2D eigenvalue weighted by molar-refractivity contribution is -0.274. The van der Waals surface area contributed by atoms with Gasteiger partial charge < -0.3 is 15.8 Å². The number of benzene rings is 3. The van der Waals surface area contributed by atoms with Crippen molar-refractivity contribution >= 4 is 46.8 Å². The summed E-state index contributed by atoms with van der Waals surface area (Å²) in [5, 5.41) is 10.2. The molecule has 0 aliphatic carbocycles. The number of para-hydroxylation sites is 1. The zero-order valence-corrected chi connectivity index (χ0v) is 21.5. The molecule has 1 amide bonds. The Balaban J connectivity index is 1.37. The minimum Gasteiger partial charge on any atom is -0.406 e. The van der Waals surface area contributed by atoms with Crippen LogP contribution in [-0.4, -0.2) is 35.2 Å². The van der Waals surface area contributed by atoms with Crippen LogP contribution in [0.15, 0.2) is 81.9 Å². The lowest BCUT2D eigenvalue weighted by atomic mass is 10.1. The van der Waals surface area contributed by atoms with E-state index in [1.54, 1.807) is 31.2 Å². The molecule has 3 N–H and O–H groups in total. The summed E-state index contributed by atoms with van der Waals surface area (Å²) in [6, 6.07) is 15.2. The molecule has 1 fully saturated rings. The molecule has 4 rings (SSSR count). The van der Waals surface area contributed by atoms with Crippen molar-refractivity contribution in [2.75, 3.05) is 10.2 Å². The largest absolute Gasteiger partial charge is 0.573 e. The summed E-state index contributed by atoms with van der Waals surface area (Å²) in [5.41, 5.74) is 7.33. The van der Waals surface area contributed by atoms with E-state index in [2.05, 4.69) is 25.2 Å². The Hall–Kier alpha value is -4.30. The number of alkyl halides is 3. The highest BCUT2D eigenvalue weighted by Crippen LogP contribution is 2.35. The van der Waals surface area contributed by atoms with E-state index in [0.717, 1.165) is 40.9 Å². The van der Waals surface area contributed by atoms with E-state index < -0.39 is 41.0 Å². The number of rotatable bonds is 8. The molecule has 1 saturated heterocycles. The number of nitrogens with two attached hydrogens (primary N) is 1. The van der Waals surface area contributed by atoms with Gasteiger partial charge in [-0.3, -0.25) is 14.7 Å². The number of nitrogens with one attached hydrogen (secondary N) is 1. The van der Waals surface area contributed by atoms with E-state index in [1.807, 2.05) is 0 Å². The molecule has 1 heterocycles. The first-order valence-corrected chi connectivity index (χ1v) is 12.4. The number of carbonyl (C=O) groups excluding carboxylic acids is 1. The smallest absolute Gasteiger partial charge is 0.406 e. The number of amidine groups is 1. The second-order valence-electron chi connectivity index (χ2n) is 8.24. The van der Waals surface area contributed by atoms with Crippen molar-refractivity contribution in [1.82, 2.24) is 0 Å². The molecule has 1 aliphatic heterocycles. The summed E-state index contributed by atoms with van der Waals surface area (Å²) in [4.78, 5) is 17.6. The molecule has 2 atom stereocenters. The number of anilines is 2. The Labute approximate surface area is 229 Å². The van der Waals surface area contributed by atoms with E-state index in [-0.39, 0.29) is 10.9 Å². The Morgan fingerprint density at radius 2 is 1.70 bits per heavy atom. The van der Waals surface area contributed by atoms with Crippen LogP contribution in [0.4, 0.5) is 33.3 Å². The van der Waals surface area contributed by atoms with Gasteiger partial charge in [-0.05, 0) is 54.4 Å². The van der Waals surface area contributed by atoms with Gasteiger partial charge in [0.1, 0.15) is 29.2 Å². The topological polar surface area (TPSA) is 105 Å². The highest BCUT2D eigenvalue weighted by atomic mass is 32.2. The third kappa shape index (κ3) is 7.21. The van der Waals surface area contributed by atoms with Crippen LogP contribution in [0.25, 0.3) is 0 Å². The van der Waals surface area contributed by atoms with E-state index in [9.17, 15) is 26.7 Å². The number of nitrogens with zero attached hydrogens (tertiary/aromatic N) is 4. The molecule has 14 heteroatoms. The quantitative estimate of drug-likeness (QED) is 0.152. The molecule has 0 spiro atoms. The molecule has 1 aliphatic rings. The molecule has 3 aromatic rings. The summed E-state index contributed by atoms with van der Waals surface area (Å²) in [5.74, 6) is -2.64. The zero-order valence-electron chi connectivity index (χ0n) is 20.6. The fourth-order valence-electron chi connectivity index (χ4n) is 3.47. The van der Waals surface area contributed by atoms with E-state index >= 15 is 0 Å². The number of halogens is 5. The van der Waals surface area contributed by atoms with Crippen molar-refractivity contribution in [1.29, 1.82) is 0 Å². The van der Waals surface area contributed by atoms with Crippen LogP contribution in [0.5, 0.6) is 5.75 Å². The lowest BCUT2D eigenvalue weighted by Crippen LogP contribution is -2.32. The molecule has 0 bridgehead atoms. The summed E-state index contributed by atoms with van der Waals surface area (Å²) < 4.78 is 69.1. The number of amides is 1. The van der Waals surface area contributed by atoms with Gasteiger partial charge in [0.05, 0.1) is 17.8 Å². The number of hydrogen-bond acceptors (Lipinski definition) is 7. The van der Waals surface area contributed by atoms with Crippen molar-refractivity contribution in [2.24, 2.45) is 20.9 Å². The van der Waals surface area contributed by atoms with Gasteiger partial charge in [-0.25, -0.2) is 8.78 Å². The third-order valence-corrected chi connectivity index (χ3v) is 6.42. The summed E-state index contributed by atoms with van der Waals surface area (Å²) >= 11 is 1.03. The number of thioether (sulfide) groups is 1. The Bertz CT molecular complexity index is 1430. The number of ether oxygens (including phenoxy) is 1. The number of aliphatic imine (C=N–C) groups is 1. The average Bonchev–Trinajstić information content (AvgIpc) is 3.17. The van der Waals surface area contributed by atoms with Gasteiger partial charge in [0.25, 0.3) is 0 Å². The van der Waals surface area contributed by atoms with Crippen LogP contribution in [0.1, 0.15) is 24.2 Å². The normalized spacial score (nSPS) is 17.8. The number of carbonyl (C=O) groups is 1. The maximum atomic E-state index is 14.3. The van der Waals surface area contributed by atoms with Crippen LogP contribution in [-0.2, 0) is 4.79 Å². The molecule has 2 unspecified atom stereocenters. The standard InChI is InChI=1S/C26H21F5N6O2S/c1-15-24(38)37(22-20(27)3-2-4-21(22)28)25(40-15)36-35-13-16-5-7-17(8-6-16)23(32)34-14-33-18-9-11-19(12-10-18)39-26(29,30)31/h2-15,23H,32H2,1H3,(H,33,34). The van der Waals surface area contributed by atoms with Crippen LogP contribution in [0.2, 0.25) is 0 Å². The van der Waals surface area contributed by atoms with Crippen molar-refractivity contribution in [3.8, 4) is 5.75 Å². The molecule has 0 aromatic heterocycles. The van der Waals surface area contributed by atoms with Crippen molar-refractivity contribution in [2.45, 2.75) is 24.7 Å².